The van der Waals surface area contributed by atoms with Crippen LogP contribution in [0, 0.1) is 6.92 Å². The summed E-state index contributed by atoms with van der Waals surface area (Å²) in [7, 11) is 0. The molecule has 0 aliphatic carbocycles. The lowest BCUT2D eigenvalue weighted by atomic mass is 10.1. The van der Waals surface area contributed by atoms with Crippen LogP contribution in [0.5, 0.6) is 0 Å². The molecule has 0 fully saturated rings. The zero-order valence-electron chi connectivity index (χ0n) is 12.2. The van der Waals surface area contributed by atoms with Gasteiger partial charge in [-0.3, -0.25) is 4.79 Å². The second-order valence-corrected chi connectivity index (χ2v) is 5.52. The van der Waals surface area contributed by atoms with E-state index in [1.807, 2.05) is 43.3 Å². The second kappa shape index (κ2) is 5.78. The highest BCUT2D eigenvalue weighted by Gasteiger charge is 2.32. The molecule has 22 heavy (non-hydrogen) atoms. The van der Waals surface area contributed by atoms with Crippen LogP contribution in [0.2, 0.25) is 5.02 Å². The molecule has 2 aromatic rings. The molecule has 0 spiro atoms. The van der Waals surface area contributed by atoms with E-state index in [1.54, 1.807) is 17.0 Å². The highest BCUT2D eigenvalue weighted by molar-refractivity contribution is 6.54. The van der Waals surface area contributed by atoms with Gasteiger partial charge in [0, 0.05) is 17.1 Å². The molecular formula is C18H15ClN2O. The molecule has 110 valence electrons. The van der Waals surface area contributed by atoms with E-state index in [1.165, 1.54) is 0 Å². The standard InChI is InChI=1S/C18H15ClN2O/c1-3-10-21-16-7-5-4-6-14(16)17(18(21)22)20-13-9-8-12(2)15(19)11-13/h3-9,11H,1,10H2,2H3. The Morgan fingerprint density at radius 2 is 2.05 bits per heavy atom. The smallest absolute Gasteiger partial charge is 0.277 e. The third kappa shape index (κ3) is 2.44. The van der Waals surface area contributed by atoms with Crippen molar-refractivity contribution in [1.82, 2.24) is 0 Å². The lowest BCUT2D eigenvalue weighted by molar-refractivity contribution is -0.112. The largest absolute Gasteiger partial charge is 0.303 e. The van der Waals surface area contributed by atoms with Crippen LogP contribution in [-0.4, -0.2) is 18.2 Å². The Morgan fingerprint density at radius 3 is 2.77 bits per heavy atom. The first-order valence-electron chi connectivity index (χ1n) is 6.99. The van der Waals surface area contributed by atoms with Crippen LogP contribution in [0.15, 0.2) is 60.1 Å². The number of aliphatic imine (C=N–C) groups is 1. The third-order valence-corrected chi connectivity index (χ3v) is 4.01. The number of hydrogen-bond donors (Lipinski definition) is 0. The van der Waals surface area contributed by atoms with Crippen LogP contribution in [0.3, 0.4) is 0 Å². The van der Waals surface area contributed by atoms with Crippen molar-refractivity contribution in [3.8, 4) is 0 Å². The molecule has 1 heterocycles. The van der Waals surface area contributed by atoms with Crippen molar-refractivity contribution in [3.63, 3.8) is 0 Å². The van der Waals surface area contributed by atoms with E-state index in [4.69, 9.17) is 11.6 Å². The van der Waals surface area contributed by atoms with Crippen molar-refractivity contribution < 1.29 is 4.79 Å². The van der Waals surface area contributed by atoms with Crippen molar-refractivity contribution in [1.29, 1.82) is 0 Å². The lowest BCUT2D eigenvalue weighted by Crippen LogP contribution is -2.30. The number of fused-ring (bicyclic) bond motifs is 1. The Balaban J connectivity index is 2.10. The maximum Gasteiger partial charge on any atom is 0.277 e. The van der Waals surface area contributed by atoms with Gasteiger partial charge in [-0.1, -0.05) is 41.9 Å². The summed E-state index contributed by atoms with van der Waals surface area (Å²) in [6.45, 7) is 6.10. The average Bonchev–Trinajstić information content (AvgIpc) is 2.77. The number of benzene rings is 2. The molecule has 1 aliphatic rings. The van der Waals surface area contributed by atoms with E-state index in [2.05, 4.69) is 11.6 Å². The van der Waals surface area contributed by atoms with Crippen LogP contribution < -0.4 is 4.90 Å². The first-order chi connectivity index (χ1) is 10.6. The molecule has 3 rings (SSSR count). The maximum absolute atomic E-state index is 12.6. The molecule has 4 heteroatoms. The van der Waals surface area contributed by atoms with Gasteiger partial charge in [0.25, 0.3) is 5.91 Å². The molecule has 0 radical (unpaired) electrons. The zero-order chi connectivity index (χ0) is 15.7. The average molecular weight is 311 g/mol. The van der Waals surface area contributed by atoms with Crippen molar-refractivity contribution in [2.24, 2.45) is 4.99 Å². The number of rotatable bonds is 3. The van der Waals surface area contributed by atoms with Gasteiger partial charge in [0.1, 0.15) is 5.71 Å². The summed E-state index contributed by atoms with van der Waals surface area (Å²) in [6.07, 6.45) is 1.71. The van der Waals surface area contributed by atoms with Crippen LogP contribution in [-0.2, 0) is 4.79 Å². The second-order valence-electron chi connectivity index (χ2n) is 5.12. The Bertz CT molecular complexity index is 795. The molecule has 0 N–H and O–H groups in total. The number of carbonyl (C=O) groups is 1. The minimum atomic E-state index is -0.113. The summed E-state index contributed by atoms with van der Waals surface area (Å²) in [5, 5.41) is 0.642. The van der Waals surface area contributed by atoms with Crippen LogP contribution in [0.1, 0.15) is 11.1 Å². The summed E-state index contributed by atoms with van der Waals surface area (Å²) in [6, 6.07) is 13.2. The van der Waals surface area contributed by atoms with Gasteiger partial charge in [-0.25, -0.2) is 4.99 Å². The van der Waals surface area contributed by atoms with Gasteiger partial charge < -0.3 is 4.90 Å². The SMILES string of the molecule is C=CCN1C(=O)C(=Nc2ccc(C)c(Cl)c2)c2ccccc21. The fourth-order valence-electron chi connectivity index (χ4n) is 2.46. The number of amides is 1. The molecule has 0 aromatic heterocycles. The minimum absolute atomic E-state index is 0.113. The summed E-state index contributed by atoms with van der Waals surface area (Å²) in [4.78, 5) is 18.8. The maximum atomic E-state index is 12.6. The number of halogens is 1. The van der Waals surface area contributed by atoms with Gasteiger partial charge in [0.2, 0.25) is 0 Å². The first-order valence-corrected chi connectivity index (χ1v) is 7.36. The Morgan fingerprint density at radius 1 is 1.27 bits per heavy atom. The summed E-state index contributed by atoms with van der Waals surface area (Å²) >= 11 is 6.14. The van der Waals surface area contributed by atoms with Crippen molar-refractivity contribution in [3.05, 3.63) is 71.3 Å². The Kier molecular flexibility index (Phi) is 3.82. The molecule has 1 aliphatic heterocycles. The number of carbonyl (C=O) groups excluding carboxylic acids is 1. The molecule has 2 aromatic carbocycles. The van der Waals surface area contributed by atoms with E-state index in [0.717, 1.165) is 16.8 Å². The number of anilines is 1. The Hall–Kier alpha value is -2.39. The highest BCUT2D eigenvalue weighted by atomic mass is 35.5. The molecule has 3 nitrogen and oxygen atoms in total. The van der Waals surface area contributed by atoms with Crippen LogP contribution in [0.25, 0.3) is 0 Å². The first kappa shape index (κ1) is 14.5. The van der Waals surface area contributed by atoms with E-state index in [9.17, 15) is 4.79 Å². The Labute approximate surface area is 134 Å². The normalized spacial score (nSPS) is 15.3. The lowest BCUT2D eigenvalue weighted by Gasteiger charge is -2.13. The van der Waals surface area contributed by atoms with Gasteiger partial charge in [-0.2, -0.15) is 0 Å². The highest BCUT2D eigenvalue weighted by Crippen LogP contribution is 2.31. The molecule has 0 unspecified atom stereocenters. The third-order valence-electron chi connectivity index (χ3n) is 3.61. The van der Waals surface area contributed by atoms with Gasteiger partial charge in [-0.15, -0.1) is 6.58 Å². The molecular weight excluding hydrogens is 296 g/mol. The van der Waals surface area contributed by atoms with Gasteiger partial charge >= 0.3 is 0 Å². The van der Waals surface area contributed by atoms with Gasteiger partial charge in [-0.05, 0) is 30.7 Å². The summed E-state index contributed by atoms with van der Waals surface area (Å²) in [5.74, 6) is -0.113. The summed E-state index contributed by atoms with van der Waals surface area (Å²) in [5.41, 5.74) is 3.80. The zero-order valence-corrected chi connectivity index (χ0v) is 13.0. The van der Waals surface area contributed by atoms with Crippen molar-refractivity contribution >= 4 is 34.6 Å². The predicted octanol–water partition coefficient (Wildman–Crippen LogP) is 4.30. The number of hydrogen-bond acceptors (Lipinski definition) is 2. The topological polar surface area (TPSA) is 32.7 Å². The van der Waals surface area contributed by atoms with Gasteiger partial charge in [0.05, 0.1) is 11.4 Å². The van der Waals surface area contributed by atoms with E-state index in [-0.39, 0.29) is 5.91 Å². The quantitative estimate of drug-likeness (QED) is 0.778. The number of nitrogens with zero attached hydrogens (tertiary/aromatic N) is 2. The fourth-order valence-corrected chi connectivity index (χ4v) is 2.64. The van der Waals surface area contributed by atoms with E-state index in [0.29, 0.717) is 23.0 Å². The molecule has 0 saturated heterocycles. The summed E-state index contributed by atoms with van der Waals surface area (Å²) < 4.78 is 0. The number of para-hydroxylation sites is 1. The van der Waals surface area contributed by atoms with Crippen LogP contribution >= 0.6 is 11.6 Å². The fraction of sp³-hybridized carbons (Fsp3) is 0.111. The van der Waals surface area contributed by atoms with Gasteiger partial charge in [0.15, 0.2) is 0 Å². The molecule has 1 amide bonds. The molecule has 0 saturated carbocycles. The minimum Gasteiger partial charge on any atom is -0.303 e. The molecule has 0 bridgehead atoms. The van der Waals surface area contributed by atoms with E-state index >= 15 is 0 Å². The predicted molar refractivity (Wildman–Crippen MR) is 91.4 cm³/mol. The van der Waals surface area contributed by atoms with Crippen LogP contribution in [0.4, 0.5) is 11.4 Å². The van der Waals surface area contributed by atoms with Crippen molar-refractivity contribution in [2.75, 3.05) is 11.4 Å². The van der Waals surface area contributed by atoms with E-state index < -0.39 is 0 Å². The molecule has 0 atom stereocenters. The van der Waals surface area contributed by atoms with Crippen molar-refractivity contribution in [2.45, 2.75) is 6.92 Å². The monoisotopic (exact) mass is 310 g/mol. The number of aryl methyl sites for hydroxylation is 1.